The minimum absolute atomic E-state index is 0.0145. The van der Waals surface area contributed by atoms with Crippen LogP contribution < -0.4 is 0 Å². The molecule has 3 saturated heterocycles. The molecule has 0 spiro atoms. The van der Waals surface area contributed by atoms with Gasteiger partial charge in [-0.3, -0.25) is 0 Å². The van der Waals surface area contributed by atoms with Gasteiger partial charge in [0, 0.05) is 12.2 Å². The molecule has 0 N–H and O–H groups in total. The lowest BCUT2D eigenvalue weighted by Gasteiger charge is -2.45. The Hall–Kier alpha value is 2.95. The van der Waals surface area contributed by atoms with E-state index in [0.29, 0.717) is 20.4 Å². The third-order valence-electron chi connectivity index (χ3n) is 11.4. The van der Waals surface area contributed by atoms with Gasteiger partial charge in [0.05, 0.1) is 8.31 Å². The minimum Gasteiger partial charge on any atom is -0.441 e. The van der Waals surface area contributed by atoms with E-state index in [1.165, 1.54) is 6.04 Å². The first kappa shape index (κ1) is 59.3. The molecule has 13 nitrogen and oxygen atoms in total. The average Bonchev–Trinajstić information content (AvgIpc) is 3.04. The van der Waals surface area contributed by atoms with Crippen LogP contribution in [0.1, 0.15) is 27.7 Å². The highest BCUT2D eigenvalue weighted by Crippen LogP contribution is 2.37. The van der Waals surface area contributed by atoms with Crippen molar-refractivity contribution in [1.29, 1.82) is 0 Å². The summed E-state index contributed by atoms with van der Waals surface area (Å²) in [6, 6.07) is 7.91. The number of hydrogen-bond donors (Lipinski definition) is 0. The summed E-state index contributed by atoms with van der Waals surface area (Å²) in [5.41, 5.74) is 1.35. The van der Waals surface area contributed by atoms with E-state index in [-0.39, 0.29) is 22.0 Å². The van der Waals surface area contributed by atoms with Crippen LogP contribution in [0.3, 0.4) is 0 Å². The second-order valence-corrected chi connectivity index (χ2v) is 69.4. The van der Waals surface area contributed by atoms with Gasteiger partial charge in [-0.25, -0.2) is 0 Å². The van der Waals surface area contributed by atoms with Crippen LogP contribution in [0.15, 0.2) is 0 Å². The monoisotopic (exact) mass is 1140 g/mol. The molecule has 0 aromatic rings. The second-order valence-electron chi connectivity index (χ2n) is 21.3. The first-order chi connectivity index (χ1) is 28.2. The normalized spacial score (nSPS) is 33.7. The molecule has 3 heterocycles. The fourth-order valence-electron chi connectivity index (χ4n) is 9.21. The Morgan fingerprint density at radius 2 is 1.24 bits per heavy atom. The Morgan fingerprint density at radius 3 is 1.85 bits per heavy atom. The van der Waals surface area contributed by atoms with Gasteiger partial charge in [0.15, 0.2) is 53.0 Å². The highest BCUT2D eigenvalue weighted by molar-refractivity contribution is 7.12. The third kappa shape index (κ3) is 22.4. The van der Waals surface area contributed by atoms with Crippen LogP contribution >= 0.6 is 0 Å². The fraction of sp³-hybridized carbons (Fsp3) is 1.00. The summed E-state index contributed by atoms with van der Waals surface area (Å²) in [4.78, 5) is 0. The molecule has 0 aromatic carbocycles. The zero-order chi connectivity index (χ0) is 47.1. The van der Waals surface area contributed by atoms with Gasteiger partial charge < -0.3 is 54.1 Å². The molecule has 11 atom stereocenters. The van der Waals surface area contributed by atoms with Gasteiger partial charge >= 0.3 is 52.8 Å². The maximum atomic E-state index is 7.46. The SMILES string of the molecule is CC1C[SiH](C)O[SiH](C)O[Si](CC[Si](C)(C)O[Si](C)(C)O[Si](C)(CC[Si]2(C)CC(C)O[SiH](C)O[SiH](C)O2)O[Si](C)(C)O[Si](C)(C)O[Si](C)(C)CC[Si]2[Si]O[SiH](C)O[SiH]C(C)C2C)O1. The molecule has 5 radical (unpaired) electrons. The molecule has 3 rings (SSSR count). The van der Waals surface area contributed by atoms with E-state index in [2.05, 4.69) is 139 Å². The van der Waals surface area contributed by atoms with E-state index in [0.717, 1.165) is 42.3 Å². The van der Waals surface area contributed by atoms with Gasteiger partial charge in [-0.1, -0.05) is 19.9 Å². The Morgan fingerprint density at radius 1 is 0.677 bits per heavy atom. The van der Waals surface area contributed by atoms with Gasteiger partial charge in [0.1, 0.15) is 0 Å². The van der Waals surface area contributed by atoms with Crippen LogP contribution in [0.2, 0.25) is 171 Å². The van der Waals surface area contributed by atoms with Crippen molar-refractivity contribution < 1.29 is 54.1 Å². The molecular formula is C33H89O13Si16. The van der Waals surface area contributed by atoms with E-state index < -0.39 is 123 Å². The lowest BCUT2D eigenvalue weighted by Crippen LogP contribution is -2.61. The van der Waals surface area contributed by atoms with E-state index in [9.17, 15) is 0 Å². The lowest BCUT2D eigenvalue weighted by atomic mass is 10.4. The molecule has 0 amide bonds. The molecule has 11 unspecified atom stereocenters. The zero-order valence-corrected chi connectivity index (χ0v) is 59.7. The number of hydrogen-bond acceptors (Lipinski definition) is 13. The Kier molecular flexibility index (Phi) is 23.8. The summed E-state index contributed by atoms with van der Waals surface area (Å²) < 4.78 is 88.0. The van der Waals surface area contributed by atoms with Crippen LogP contribution in [0.4, 0.5) is 0 Å². The minimum atomic E-state index is -2.95. The van der Waals surface area contributed by atoms with E-state index in [1.54, 1.807) is 0 Å². The first-order valence-corrected chi connectivity index (χ1v) is 60.5. The molecule has 29 heteroatoms. The van der Waals surface area contributed by atoms with E-state index in [4.69, 9.17) is 54.1 Å². The molecule has 3 aliphatic heterocycles. The molecule has 0 aromatic heterocycles. The van der Waals surface area contributed by atoms with Gasteiger partial charge in [0.2, 0.25) is 0 Å². The smallest absolute Gasteiger partial charge is 0.374 e. The molecule has 3 aliphatic rings. The van der Waals surface area contributed by atoms with Crippen LogP contribution in [0, 0.1) is 0 Å². The molecule has 62 heavy (non-hydrogen) atoms. The maximum Gasteiger partial charge on any atom is 0.374 e. The van der Waals surface area contributed by atoms with Crippen molar-refractivity contribution in [1.82, 2.24) is 0 Å². The predicted molar refractivity (Wildman–Crippen MR) is 290 cm³/mol. The van der Waals surface area contributed by atoms with Crippen molar-refractivity contribution in [2.24, 2.45) is 0 Å². The summed E-state index contributed by atoms with van der Waals surface area (Å²) in [5.74, 6) is 0. The Bertz CT molecular complexity index is 1340. The second kappa shape index (κ2) is 24.9. The van der Waals surface area contributed by atoms with Gasteiger partial charge in [-0.2, -0.15) is 0 Å². The van der Waals surface area contributed by atoms with Crippen LogP contribution in [-0.2, 0) is 54.1 Å². The molecule has 0 aliphatic carbocycles. The maximum absolute atomic E-state index is 7.46. The first-order valence-electron chi connectivity index (χ1n) is 23.3. The van der Waals surface area contributed by atoms with Crippen molar-refractivity contribution in [3.63, 3.8) is 0 Å². The number of rotatable bonds is 19. The highest BCUT2D eigenvalue weighted by Gasteiger charge is 2.51. The van der Waals surface area contributed by atoms with Crippen molar-refractivity contribution in [3.8, 4) is 0 Å². The molecule has 363 valence electrons. The summed E-state index contributed by atoms with van der Waals surface area (Å²) in [5, 5.41) is 0. The Labute approximate surface area is 403 Å². The molecular weight excluding hydrogens is 1050 g/mol. The topological polar surface area (TPSA) is 120 Å². The van der Waals surface area contributed by atoms with Gasteiger partial charge in [-0.15, -0.1) is 0 Å². The standard InChI is InChI=1S/C33H89O13Si16/c1-30-28-49(5)38-52(8)40-55(35-30)23-25-57(12,13)43-59(16,17)45-62(21,27-26-61(20)29-31(2)34-50(6)39-53(9)41-61)46-60(18,19)44-58(14,15)42-56(10,11)24-22-54-33(4)32(3)47-36-51(7)37-48-54/h30-33,47,49-53H,22-29H2,1-21H3. The molecule has 0 bridgehead atoms. The fourth-order valence-corrected chi connectivity index (χ4v) is 77.5. The average molecular weight is 1140 g/mol. The molecule has 0 saturated carbocycles. The zero-order valence-electron chi connectivity index (χ0n) is 42.7. The van der Waals surface area contributed by atoms with Crippen molar-refractivity contribution in [3.05, 3.63) is 0 Å². The van der Waals surface area contributed by atoms with Crippen molar-refractivity contribution in [2.45, 2.75) is 211 Å². The quantitative estimate of drug-likeness (QED) is 0.118. The summed E-state index contributed by atoms with van der Waals surface area (Å²) in [6.45, 7) is 47.4. The van der Waals surface area contributed by atoms with Gasteiger partial charge in [0.25, 0.3) is 27.9 Å². The summed E-state index contributed by atoms with van der Waals surface area (Å²) in [7, 11) is -27.0. The predicted octanol–water partition coefficient (Wildman–Crippen LogP) is 7.59. The summed E-state index contributed by atoms with van der Waals surface area (Å²) in [6.07, 6.45) is 0.299. The third-order valence-corrected chi connectivity index (χ3v) is 67.3. The summed E-state index contributed by atoms with van der Waals surface area (Å²) >= 11 is 0. The molecule has 3 fully saturated rings. The van der Waals surface area contributed by atoms with Crippen LogP contribution in [-0.4, -0.2) is 154 Å². The van der Waals surface area contributed by atoms with Crippen LogP contribution in [0.5, 0.6) is 0 Å². The van der Waals surface area contributed by atoms with Crippen molar-refractivity contribution in [2.75, 3.05) is 0 Å². The van der Waals surface area contributed by atoms with Crippen molar-refractivity contribution >= 4 is 142 Å². The highest BCUT2D eigenvalue weighted by atomic mass is 29.2. The van der Waals surface area contributed by atoms with Crippen LogP contribution in [0.25, 0.3) is 0 Å². The van der Waals surface area contributed by atoms with E-state index >= 15 is 0 Å². The van der Waals surface area contributed by atoms with E-state index in [1.807, 2.05) is 0 Å². The largest absolute Gasteiger partial charge is 0.441 e. The lowest BCUT2D eigenvalue weighted by molar-refractivity contribution is 0.184. The Balaban J connectivity index is 1.79. The van der Waals surface area contributed by atoms with Gasteiger partial charge in [-0.05, 0) is 179 Å².